The van der Waals surface area contributed by atoms with Crippen LogP contribution in [0.1, 0.15) is 30.8 Å². The zero-order chi connectivity index (χ0) is 23.2. The molecule has 0 bridgehead atoms. The van der Waals surface area contributed by atoms with E-state index in [1.165, 1.54) is 17.5 Å². The molecule has 0 aliphatic carbocycles. The number of hydrogen-bond acceptors (Lipinski definition) is 8. The smallest absolute Gasteiger partial charge is 0.359 e. The third-order valence-corrected chi connectivity index (χ3v) is 5.52. The number of hydrogen-bond donors (Lipinski definition) is 1. The predicted molar refractivity (Wildman–Crippen MR) is 126 cm³/mol. The maximum atomic E-state index is 12.7. The molecule has 0 spiro atoms. The standard InChI is InChI=1S/C24H22N4O4S/c1-3-21(32-23(30)19-13-25-17-7-5-6-8-18(17)26-19)22(29)28-24-27-20(14-33-24)15-9-11-16(12-10-15)31-4-2/h5-14,21H,3-4H2,1-2H3,(H,27,28,29). The van der Waals surface area contributed by atoms with Crippen LogP contribution in [0.25, 0.3) is 22.3 Å². The van der Waals surface area contributed by atoms with E-state index < -0.39 is 18.0 Å². The normalized spacial score (nSPS) is 11.7. The van der Waals surface area contributed by atoms with E-state index in [0.717, 1.165) is 17.0 Å². The second-order valence-electron chi connectivity index (χ2n) is 7.03. The first-order chi connectivity index (χ1) is 16.1. The van der Waals surface area contributed by atoms with Crippen LogP contribution < -0.4 is 10.1 Å². The molecule has 168 valence electrons. The summed E-state index contributed by atoms with van der Waals surface area (Å²) in [6.07, 6.45) is 0.665. The molecule has 0 radical (unpaired) electrons. The lowest BCUT2D eigenvalue weighted by Gasteiger charge is -2.14. The van der Waals surface area contributed by atoms with Crippen molar-refractivity contribution in [3.05, 3.63) is 65.8 Å². The van der Waals surface area contributed by atoms with E-state index in [9.17, 15) is 9.59 Å². The fraction of sp³-hybridized carbons (Fsp3) is 0.208. The Morgan fingerprint density at radius 1 is 1.03 bits per heavy atom. The minimum atomic E-state index is -0.983. The van der Waals surface area contributed by atoms with E-state index in [2.05, 4.69) is 20.3 Å². The quantitative estimate of drug-likeness (QED) is 0.378. The highest BCUT2D eigenvalue weighted by atomic mass is 32.1. The summed E-state index contributed by atoms with van der Waals surface area (Å²) in [5.74, 6) is -0.370. The van der Waals surface area contributed by atoms with E-state index in [1.807, 2.05) is 48.7 Å². The third-order valence-electron chi connectivity index (χ3n) is 4.77. The Balaban J connectivity index is 1.40. The monoisotopic (exact) mass is 462 g/mol. The second kappa shape index (κ2) is 10.2. The summed E-state index contributed by atoms with van der Waals surface area (Å²) in [4.78, 5) is 38.2. The van der Waals surface area contributed by atoms with Gasteiger partial charge in [0.15, 0.2) is 16.9 Å². The van der Waals surface area contributed by atoms with Gasteiger partial charge in [0.2, 0.25) is 0 Å². The van der Waals surface area contributed by atoms with Crippen LogP contribution in [0.2, 0.25) is 0 Å². The number of ether oxygens (including phenoxy) is 2. The number of nitrogens with one attached hydrogen (secondary N) is 1. The molecule has 2 heterocycles. The van der Waals surface area contributed by atoms with Crippen LogP contribution in [0.4, 0.5) is 5.13 Å². The largest absolute Gasteiger partial charge is 0.494 e. The van der Waals surface area contributed by atoms with Crippen molar-refractivity contribution in [2.75, 3.05) is 11.9 Å². The van der Waals surface area contributed by atoms with Crippen molar-refractivity contribution < 1.29 is 19.1 Å². The summed E-state index contributed by atoms with van der Waals surface area (Å²) >= 11 is 1.29. The molecule has 33 heavy (non-hydrogen) atoms. The number of nitrogens with zero attached hydrogens (tertiary/aromatic N) is 3. The number of aromatic nitrogens is 3. The van der Waals surface area contributed by atoms with Crippen molar-refractivity contribution in [2.24, 2.45) is 0 Å². The SMILES string of the molecule is CCOc1ccc(-c2csc(NC(=O)C(CC)OC(=O)c3cnc4ccccc4n3)n2)cc1. The molecule has 0 aliphatic rings. The third kappa shape index (κ3) is 5.32. The van der Waals surface area contributed by atoms with Gasteiger partial charge in [0.05, 0.1) is 29.5 Å². The second-order valence-corrected chi connectivity index (χ2v) is 7.89. The van der Waals surface area contributed by atoms with E-state index in [1.54, 1.807) is 19.1 Å². The van der Waals surface area contributed by atoms with E-state index in [4.69, 9.17) is 9.47 Å². The van der Waals surface area contributed by atoms with Gasteiger partial charge in [-0.1, -0.05) is 19.1 Å². The fourth-order valence-corrected chi connectivity index (χ4v) is 3.83. The van der Waals surface area contributed by atoms with Gasteiger partial charge in [-0.15, -0.1) is 11.3 Å². The number of fused-ring (bicyclic) bond motifs is 1. The molecule has 2 aromatic carbocycles. The van der Waals surface area contributed by atoms with Gasteiger partial charge >= 0.3 is 5.97 Å². The van der Waals surface area contributed by atoms with Crippen molar-refractivity contribution in [3.63, 3.8) is 0 Å². The number of rotatable bonds is 8. The summed E-state index contributed by atoms with van der Waals surface area (Å²) in [5.41, 5.74) is 2.94. The topological polar surface area (TPSA) is 103 Å². The van der Waals surface area contributed by atoms with Gasteiger partial charge < -0.3 is 9.47 Å². The van der Waals surface area contributed by atoms with Gasteiger partial charge in [-0.05, 0) is 49.7 Å². The average Bonchev–Trinajstić information content (AvgIpc) is 3.31. The van der Waals surface area contributed by atoms with Gasteiger partial charge in [-0.25, -0.2) is 14.8 Å². The molecular formula is C24H22N4O4S. The first-order valence-corrected chi connectivity index (χ1v) is 11.4. The van der Waals surface area contributed by atoms with Crippen LogP contribution in [0.15, 0.2) is 60.1 Å². The van der Waals surface area contributed by atoms with Gasteiger partial charge in [0.25, 0.3) is 5.91 Å². The maximum Gasteiger partial charge on any atom is 0.359 e. The van der Waals surface area contributed by atoms with Crippen LogP contribution in [-0.4, -0.2) is 39.5 Å². The molecule has 8 nitrogen and oxygen atoms in total. The van der Waals surface area contributed by atoms with Crippen molar-refractivity contribution in [1.82, 2.24) is 15.0 Å². The first-order valence-electron chi connectivity index (χ1n) is 10.5. The lowest BCUT2D eigenvalue weighted by Crippen LogP contribution is -2.32. The number of carbonyl (C=O) groups is 2. The molecule has 1 unspecified atom stereocenters. The molecule has 1 atom stereocenters. The molecule has 1 amide bonds. The number of esters is 1. The van der Waals surface area contributed by atoms with Gasteiger partial charge in [-0.3, -0.25) is 15.1 Å². The van der Waals surface area contributed by atoms with Crippen LogP contribution >= 0.6 is 11.3 Å². The molecule has 0 saturated carbocycles. The van der Waals surface area contributed by atoms with Crippen molar-refractivity contribution in [3.8, 4) is 17.0 Å². The minimum Gasteiger partial charge on any atom is -0.494 e. The minimum absolute atomic E-state index is 0.0481. The van der Waals surface area contributed by atoms with E-state index in [-0.39, 0.29) is 5.69 Å². The number of carbonyl (C=O) groups excluding carboxylic acids is 2. The molecular weight excluding hydrogens is 440 g/mol. The van der Waals surface area contributed by atoms with Crippen LogP contribution in [0, 0.1) is 0 Å². The highest BCUT2D eigenvalue weighted by Gasteiger charge is 2.24. The summed E-state index contributed by atoms with van der Waals surface area (Å²) < 4.78 is 10.9. The van der Waals surface area contributed by atoms with E-state index >= 15 is 0 Å². The highest BCUT2D eigenvalue weighted by Crippen LogP contribution is 2.27. The Morgan fingerprint density at radius 3 is 2.52 bits per heavy atom. The number of benzene rings is 2. The highest BCUT2D eigenvalue weighted by molar-refractivity contribution is 7.14. The molecule has 0 fully saturated rings. The summed E-state index contributed by atoms with van der Waals surface area (Å²) in [6.45, 7) is 4.29. The Bertz CT molecular complexity index is 1270. The zero-order valence-electron chi connectivity index (χ0n) is 18.1. The molecule has 0 saturated heterocycles. The number of amides is 1. The maximum absolute atomic E-state index is 12.7. The molecule has 4 rings (SSSR count). The summed E-state index contributed by atoms with van der Waals surface area (Å²) in [5, 5.41) is 5.00. The van der Waals surface area contributed by atoms with Crippen molar-refractivity contribution in [2.45, 2.75) is 26.4 Å². The average molecular weight is 463 g/mol. The molecule has 2 aromatic heterocycles. The fourth-order valence-electron chi connectivity index (χ4n) is 3.11. The predicted octanol–water partition coefficient (Wildman–Crippen LogP) is 4.73. The van der Waals surface area contributed by atoms with E-state index in [0.29, 0.717) is 29.2 Å². The molecule has 4 aromatic rings. The Hall–Kier alpha value is -3.85. The van der Waals surface area contributed by atoms with Crippen LogP contribution in [0.3, 0.4) is 0 Å². The lowest BCUT2D eigenvalue weighted by atomic mass is 10.2. The van der Waals surface area contributed by atoms with Crippen molar-refractivity contribution in [1.29, 1.82) is 0 Å². The Labute approximate surface area is 194 Å². The summed E-state index contributed by atoms with van der Waals surface area (Å²) in [6, 6.07) is 14.8. The Morgan fingerprint density at radius 2 is 1.79 bits per heavy atom. The molecule has 9 heteroatoms. The van der Waals surface area contributed by atoms with Gasteiger partial charge in [-0.2, -0.15) is 0 Å². The zero-order valence-corrected chi connectivity index (χ0v) is 19.0. The van der Waals surface area contributed by atoms with Crippen LogP contribution in [-0.2, 0) is 9.53 Å². The van der Waals surface area contributed by atoms with Crippen LogP contribution in [0.5, 0.6) is 5.75 Å². The molecule has 1 N–H and O–H groups in total. The summed E-state index contributed by atoms with van der Waals surface area (Å²) in [7, 11) is 0. The van der Waals surface area contributed by atoms with Crippen molar-refractivity contribution >= 4 is 39.4 Å². The number of para-hydroxylation sites is 2. The number of thiazole rings is 1. The lowest BCUT2D eigenvalue weighted by molar-refractivity contribution is -0.124. The number of anilines is 1. The Kier molecular flexibility index (Phi) is 6.89. The van der Waals surface area contributed by atoms with Gasteiger partial charge in [0, 0.05) is 10.9 Å². The van der Waals surface area contributed by atoms with Gasteiger partial charge in [0.1, 0.15) is 5.75 Å². The first kappa shape index (κ1) is 22.3. The molecule has 0 aliphatic heterocycles.